The molecule has 2 heterocycles. The van der Waals surface area contributed by atoms with Crippen molar-refractivity contribution in [3.8, 4) is 34.2 Å². The van der Waals surface area contributed by atoms with Crippen molar-refractivity contribution in [1.82, 2.24) is 19.7 Å². The number of rotatable bonds is 13. The Morgan fingerprint density at radius 2 is 1.68 bits per heavy atom. The molecule has 0 saturated carbocycles. The Labute approximate surface area is 244 Å². The average Bonchev–Trinajstić information content (AvgIpc) is 3.71. The first-order chi connectivity index (χ1) is 19.7. The molecule has 3 unspecified atom stereocenters. The molecule has 0 spiro atoms. The number of benzene rings is 2. The number of methoxy groups -OCH3 is 3. The van der Waals surface area contributed by atoms with E-state index in [9.17, 15) is 10.2 Å². The molecule has 4 N–H and O–H groups in total. The summed E-state index contributed by atoms with van der Waals surface area (Å²) < 4.78 is 18.0. The molecule has 0 radical (unpaired) electrons. The number of nitrogens with zero attached hydrogens (tertiary/aromatic N) is 4. The number of aliphatic hydroxyl groups is 2. The predicted octanol–water partition coefficient (Wildman–Crippen LogP) is 4.73. The Morgan fingerprint density at radius 3 is 2.27 bits per heavy atom. The number of hydrogen-bond donors (Lipinski definition) is 3. The Kier molecular flexibility index (Phi) is 9.98. The summed E-state index contributed by atoms with van der Waals surface area (Å²) in [5.41, 5.74) is 9.68. The monoisotopic (exact) mass is 581 g/mol. The van der Waals surface area contributed by atoms with Crippen LogP contribution in [0.5, 0.6) is 17.2 Å². The molecule has 0 bridgehead atoms. The molecule has 0 amide bonds. The molecular formula is C30H39N5O5S. The van der Waals surface area contributed by atoms with Gasteiger partial charge in [-0.05, 0) is 42.5 Å². The molecule has 4 atom stereocenters. The van der Waals surface area contributed by atoms with Crippen LogP contribution >= 0.6 is 11.3 Å². The van der Waals surface area contributed by atoms with E-state index in [1.54, 1.807) is 34.5 Å². The van der Waals surface area contributed by atoms with Crippen molar-refractivity contribution < 1.29 is 24.4 Å². The van der Waals surface area contributed by atoms with Crippen molar-refractivity contribution >= 4 is 11.3 Å². The number of thiazole rings is 1. The fourth-order valence-corrected chi connectivity index (χ4v) is 5.65. The lowest BCUT2D eigenvalue weighted by Crippen LogP contribution is -2.39. The summed E-state index contributed by atoms with van der Waals surface area (Å²) in [6.07, 6.45) is 2.90. The van der Waals surface area contributed by atoms with Crippen LogP contribution < -0.4 is 19.9 Å². The second kappa shape index (κ2) is 13.4. The van der Waals surface area contributed by atoms with Crippen LogP contribution in [0.15, 0.2) is 48.4 Å². The zero-order valence-corrected chi connectivity index (χ0v) is 25.1. The molecule has 2 aromatic carbocycles. The van der Waals surface area contributed by atoms with Gasteiger partial charge >= 0.3 is 0 Å². The molecule has 0 fully saturated rings. The highest BCUT2D eigenvalue weighted by atomic mass is 32.1. The first-order valence-electron chi connectivity index (χ1n) is 13.5. The van der Waals surface area contributed by atoms with Crippen molar-refractivity contribution in [1.29, 1.82) is 0 Å². The van der Waals surface area contributed by atoms with Crippen LogP contribution in [0.2, 0.25) is 0 Å². The average molecular weight is 582 g/mol. The largest absolute Gasteiger partial charge is 0.493 e. The van der Waals surface area contributed by atoms with Crippen molar-refractivity contribution in [3.05, 3.63) is 64.5 Å². The zero-order valence-electron chi connectivity index (χ0n) is 24.3. The van der Waals surface area contributed by atoms with Crippen molar-refractivity contribution in [2.75, 3.05) is 21.3 Å². The van der Waals surface area contributed by atoms with Gasteiger partial charge in [0.25, 0.3) is 0 Å². The lowest BCUT2D eigenvalue weighted by atomic mass is 9.94. The van der Waals surface area contributed by atoms with E-state index in [1.165, 1.54) is 27.7 Å². The summed E-state index contributed by atoms with van der Waals surface area (Å²) in [7, 11) is 4.61. The second-order valence-electron chi connectivity index (χ2n) is 10.4. The minimum absolute atomic E-state index is 0.179. The highest BCUT2D eigenvalue weighted by Crippen LogP contribution is 2.42. The van der Waals surface area contributed by atoms with E-state index < -0.39 is 12.2 Å². The van der Waals surface area contributed by atoms with E-state index in [4.69, 9.17) is 24.9 Å². The summed E-state index contributed by atoms with van der Waals surface area (Å²) in [5, 5.41) is 29.3. The number of aliphatic hydroxyl groups excluding tert-OH is 2. The maximum Gasteiger partial charge on any atom is 0.203 e. The summed E-state index contributed by atoms with van der Waals surface area (Å²) in [6, 6.07) is 8.96. The van der Waals surface area contributed by atoms with Crippen molar-refractivity contribution in [3.63, 3.8) is 0 Å². The molecule has 0 aliphatic heterocycles. The van der Waals surface area contributed by atoms with Gasteiger partial charge in [0, 0.05) is 28.5 Å². The van der Waals surface area contributed by atoms with Crippen LogP contribution in [0, 0.1) is 5.92 Å². The van der Waals surface area contributed by atoms with Crippen LogP contribution in [0.4, 0.5) is 0 Å². The normalized spacial score (nSPS) is 14.5. The number of hydrogen-bond acceptors (Lipinski definition) is 10. The predicted molar refractivity (Wildman–Crippen MR) is 159 cm³/mol. The maximum atomic E-state index is 11.5. The third-order valence-corrected chi connectivity index (χ3v) is 8.42. The lowest BCUT2D eigenvalue weighted by Gasteiger charge is -2.23. The van der Waals surface area contributed by atoms with Gasteiger partial charge in [-0.15, -0.1) is 11.3 Å². The third kappa shape index (κ3) is 6.70. The van der Waals surface area contributed by atoms with E-state index in [0.717, 1.165) is 22.7 Å². The molecular weight excluding hydrogens is 542 g/mol. The van der Waals surface area contributed by atoms with Gasteiger partial charge in [0.15, 0.2) is 11.5 Å². The highest BCUT2D eigenvalue weighted by molar-refractivity contribution is 7.10. The first kappa shape index (κ1) is 30.4. The van der Waals surface area contributed by atoms with E-state index >= 15 is 0 Å². The molecule has 10 nitrogen and oxygen atoms in total. The van der Waals surface area contributed by atoms with Gasteiger partial charge in [-0.2, -0.15) is 5.10 Å². The smallest absolute Gasteiger partial charge is 0.203 e. The van der Waals surface area contributed by atoms with Crippen molar-refractivity contribution in [2.45, 2.75) is 57.8 Å². The van der Waals surface area contributed by atoms with Gasteiger partial charge in [0.2, 0.25) is 5.75 Å². The lowest BCUT2D eigenvalue weighted by molar-refractivity contribution is 0.112. The fourth-order valence-electron chi connectivity index (χ4n) is 4.73. The molecule has 11 heteroatoms. The van der Waals surface area contributed by atoms with Gasteiger partial charge in [0.05, 0.1) is 43.8 Å². The number of nitrogens with two attached hydrogens (primary N) is 1. The molecule has 0 aliphatic carbocycles. The molecule has 2 aromatic heterocycles. The minimum Gasteiger partial charge on any atom is -0.493 e. The summed E-state index contributed by atoms with van der Waals surface area (Å²) in [6.45, 7) is 6.16. The summed E-state index contributed by atoms with van der Waals surface area (Å²) in [5.74, 6) is 1.74. The summed E-state index contributed by atoms with van der Waals surface area (Å²) >= 11 is 1.59. The minimum atomic E-state index is -1.02. The molecule has 4 rings (SSSR count). The fraction of sp³-hybridized carbons (Fsp3) is 0.433. The maximum absolute atomic E-state index is 11.5. The molecule has 0 aliphatic rings. The second-order valence-corrected chi connectivity index (χ2v) is 11.3. The quantitative estimate of drug-likeness (QED) is 0.205. The number of aromatic nitrogens is 4. The van der Waals surface area contributed by atoms with Gasteiger partial charge < -0.3 is 30.2 Å². The Balaban J connectivity index is 1.63. The molecule has 41 heavy (non-hydrogen) atoms. The number of ether oxygens (including phenoxy) is 3. The molecule has 220 valence electrons. The van der Waals surface area contributed by atoms with Gasteiger partial charge in [0.1, 0.15) is 18.8 Å². The first-order valence-corrected chi connectivity index (χ1v) is 14.4. The molecule has 0 saturated heterocycles. The topological polar surface area (TPSA) is 138 Å². The van der Waals surface area contributed by atoms with Crippen LogP contribution in [0.1, 0.15) is 61.8 Å². The SMILES string of the molecule is COc1cc(C(O)c2ccc(-c3csc(C(C)CCC(O)[C@@H](N)C(C)C)n3)cc2-n2cncn2)cc(OC)c1OC. The van der Waals surface area contributed by atoms with E-state index in [-0.39, 0.29) is 17.9 Å². The Bertz CT molecular complexity index is 1400. The zero-order chi connectivity index (χ0) is 29.7. The molecule has 4 aromatic rings. The Hall–Kier alpha value is -3.51. The van der Waals surface area contributed by atoms with Gasteiger partial charge in [-0.1, -0.05) is 32.9 Å². The van der Waals surface area contributed by atoms with E-state index in [2.05, 4.69) is 17.0 Å². The summed E-state index contributed by atoms with van der Waals surface area (Å²) in [4.78, 5) is 9.02. The van der Waals surface area contributed by atoms with Crippen LogP contribution in [0.25, 0.3) is 16.9 Å². The van der Waals surface area contributed by atoms with Crippen molar-refractivity contribution in [2.24, 2.45) is 11.7 Å². The van der Waals surface area contributed by atoms with Crippen LogP contribution in [0.3, 0.4) is 0 Å². The van der Waals surface area contributed by atoms with Gasteiger partial charge in [-0.3, -0.25) is 0 Å². The van der Waals surface area contributed by atoms with Crippen LogP contribution in [-0.4, -0.2) is 63.4 Å². The third-order valence-electron chi connectivity index (χ3n) is 7.34. The van der Waals surface area contributed by atoms with E-state index in [1.807, 2.05) is 37.4 Å². The van der Waals surface area contributed by atoms with E-state index in [0.29, 0.717) is 40.5 Å². The highest BCUT2D eigenvalue weighted by Gasteiger charge is 2.23. The Morgan fingerprint density at radius 1 is 0.976 bits per heavy atom. The van der Waals surface area contributed by atoms with Gasteiger partial charge in [-0.25, -0.2) is 14.6 Å². The standard InChI is InChI=1S/C30H39N5O5S/c1-17(2)27(31)24(36)10-7-18(3)30-34-22(14-41-30)19-8-9-21(23(11-19)35-16-32-15-33-35)28(37)20-12-25(38-4)29(40-6)26(13-20)39-5/h8-9,11-18,24,27-28,36-37H,7,10,31H2,1-6H3/t18?,24?,27-,28?/m0/s1. The van der Waals surface area contributed by atoms with Crippen LogP contribution in [-0.2, 0) is 0 Å².